The second-order valence-corrected chi connectivity index (χ2v) is 2.09. The van der Waals surface area contributed by atoms with Crippen molar-refractivity contribution in [3.63, 3.8) is 0 Å². The molecular formula is C8H12O4. The monoisotopic (exact) mass is 172 g/mol. The molecular weight excluding hydrogens is 160 g/mol. The Balaban J connectivity index is 3.43. The molecule has 0 N–H and O–H groups in total. The average molecular weight is 172 g/mol. The van der Waals surface area contributed by atoms with Gasteiger partial charge >= 0.3 is 5.97 Å². The smallest absolute Gasteiger partial charge is 0.330 e. The van der Waals surface area contributed by atoms with Crippen LogP contribution in [0.15, 0.2) is 12.7 Å². The Morgan fingerprint density at radius 2 is 2.17 bits per heavy atom. The van der Waals surface area contributed by atoms with Crippen molar-refractivity contribution < 1.29 is 19.1 Å². The average Bonchev–Trinajstić information content (AvgIpc) is 2.10. The fraction of sp³-hybridized carbons (Fsp3) is 0.500. The van der Waals surface area contributed by atoms with Crippen molar-refractivity contribution in [1.29, 1.82) is 0 Å². The number of rotatable bonds is 6. The second kappa shape index (κ2) is 6.54. The van der Waals surface area contributed by atoms with E-state index in [1.807, 2.05) is 0 Å². The van der Waals surface area contributed by atoms with Gasteiger partial charge < -0.3 is 9.47 Å². The van der Waals surface area contributed by atoms with Crippen LogP contribution >= 0.6 is 0 Å². The quantitative estimate of drug-likeness (QED) is 0.427. The summed E-state index contributed by atoms with van der Waals surface area (Å²) in [5, 5.41) is 0. The van der Waals surface area contributed by atoms with Gasteiger partial charge in [0, 0.05) is 19.6 Å². The van der Waals surface area contributed by atoms with Gasteiger partial charge in [-0.15, -0.1) is 0 Å². The van der Waals surface area contributed by atoms with Crippen molar-refractivity contribution in [1.82, 2.24) is 0 Å². The SMILES string of the molecule is C=CC(=O)OCC(=O)CCOC. The van der Waals surface area contributed by atoms with Gasteiger partial charge in [-0.25, -0.2) is 4.79 Å². The molecule has 0 saturated heterocycles. The molecule has 0 aromatic rings. The van der Waals surface area contributed by atoms with E-state index in [1.165, 1.54) is 7.11 Å². The van der Waals surface area contributed by atoms with E-state index in [-0.39, 0.29) is 18.8 Å². The lowest BCUT2D eigenvalue weighted by Gasteiger charge is -2.00. The van der Waals surface area contributed by atoms with Crippen LogP contribution in [-0.2, 0) is 19.1 Å². The van der Waals surface area contributed by atoms with Gasteiger partial charge in [0.1, 0.15) is 6.61 Å². The Morgan fingerprint density at radius 1 is 1.50 bits per heavy atom. The van der Waals surface area contributed by atoms with Crippen LogP contribution in [0.1, 0.15) is 6.42 Å². The first-order valence-corrected chi connectivity index (χ1v) is 3.50. The van der Waals surface area contributed by atoms with E-state index in [9.17, 15) is 9.59 Å². The number of ether oxygens (including phenoxy) is 2. The molecule has 12 heavy (non-hydrogen) atoms. The maximum atomic E-state index is 10.8. The van der Waals surface area contributed by atoms with Crippen molar-refractivity contribution >= 4 is 11.8 Å². The lowest BCUT2D eigenvalue weighted by atomic mass is 10.3. The van der Waals surface area contributed by atoms with Gasteiger partial charge in [0.05, 0.1) is 6.61 Å². The van der Waals surface area contributed by atoms with E-state index in [0.717, 1.165) is 6.08 Å². The van der Waals surface area contributed by atoms with Gasteiger partial charge in [-0.3, -0.25) is 4.79 Å². The second-order valence-electron chi connectivity index (χ2n) is 2.09. The minimum atomic E-state index is -0.583. The molecule has 0 aromatic heterocycles. The van der Waals surface area contributed by atoms with Gasteiger partial charge in [0.2, 0.25) is 0 Å². The van der Waals surface area contributed by atoms with E-state index >= 15 is 0 Å². The molecule has 0 aromatic carbocycles. The molecule has 0 fully saturated rings. The number of methoxy groups -OCH3 is 1. The van der Waals surface area contributed by atoms with E-state index in [2.05, 4.69) is 16.1 Å². The van der Waals surface area contributed by atoms with Gasteiger partial charge in [0.25, 0.3) is 0 Å². The van der Waals surface area contributed by atoms with Gasteiger partial charge in [0.15, 0.2) is 5.78 Å². The molecule has 0 saturated carbocycles. The molecule has 0 aliphatic carbocycles. The van der Waals surface area contributed by atoms with Crippen molar-refractivity contribution in [3.05, 3.63) is 12.7 Å². The molecule has 0 unspecified atom stereocenters. The number of Topliss-reactive ketones (excluding diaryl/α,β-unsaturated/α-hetero) is 1. The third-order valence-electron chi connectivity index (χ3n) is 1.13. The summed E-state index contributed by atoms with van der Waals surface area (Å²) in [5.41, 5.74) is 0. The third kappa shape index (κ3) is 5.61. The molecule has 68 valence electrons. The molecule has 0 aliphatic heterocycles. The normalized spacial score (nSPS) is 9.08. The van der Waals surface area contributed by atoms with Crippen LogP contribution in [-0.4, -0.2) is 32.1 Å². The van der Waals surface area contributed by atoms with Crippen LogP contribution in [0.2, 0.25) is 0 Å². The predicted octanol–water partition coefficient (Wildman–Crippen LogP) is 0.321. The largest absolute Gasteiger partial charge is 0.455 e. The molecule has 0 atom stereocenters. The van der Waals surface area contributed by atoms with E-state index < -0.39 is 5.97 Å². The highest BCUT2D eigenvalue weighted by molar-refractivity contribution is 5.86. The van der Waals surface area contributed by atoms with Crippen LogP contribution in [0.4, 0.5) is 0 Å². The van der Waals surface area contributed by atoms with Gasteiger partial charge in [-0.05, 0) is 0 Å². The Morgan fingerprint density at radius 3 is 2.67 bits per heavy atom. The Hall–Kier alpha value is -1.16. The summed E-state index contributed by atoms with van der Waals surface area (Å²) in [6.07, 6.45) is 1.28. The summed E-state index contributed by atoms with van der Waals surface area (Å²) >= 11 is 0. The number of carbonyl (C=O) groups is 2. The first kappa shape index (κ1) is 10.8. The molecule has 0 rings (SSSR count). The number of hydrogen-bond acceptors (Lipinski definition) is 4. The Bertz CT molecular complexity index is 174. The number of hydrogen-bond donors (Lipinski definition) is 0. The minimum absolute atomic E-state index is 0.160. The van der Waals surface area contributed by atoms with E-state index in [0.29, 0.717) is 6.61 Å². The topological polar surface area (TPSA) is 52.6 Å². The zero-order valence-corrected chi connectivity index (χ0v) is 7.04. The Kier molecular flexibility index (Phi) is 5.91. The standard InChI is InChI=1S/C8H12O4/c1-3-8(10)12-6-7(9)4-5-11-2/h3H,1,4-6H2,2H3. The van der Waals surface area contributed by atoms with Crippen LogP contribution in [0, 0.1) is 0 Å². The maximum absolute atomic E-state index is 10.8. The summed E-state index contributed by atoms with van der Waals surface area (Å²) in [4.78, 5) is 21.3. The molecule has 0 heterocycles. The van der Waals surface area contributed by atoms with E-state index in [1.54, 1.807) is 0 Å². The highest BCUT2D eigenvalue weighted by Crippen LogP contribution is 1.87. The summed E-state index contributed by atoms with van der Waals surface area (Å²) in [7, 11) is 1.50. The molecule has 4 nitrogen and oxygen atoms in total. The fourth-order valence-corrected chi connectivity index (χ4v) is 0.499. The molecule has 0 spiro atoms. The molecule has 0 amide bonds. The summed E-state index contributed by atoms with van der Waals surface area (Å²) in [6.45, 7) is 3.34. The van der Waals surface area contributed by atoms with Crippen LogP contribution in [0.5, 0.6) is 0 Å². The van der Waals surface area contributed by atoms with Crippen molar-refractivity contribution in [3.8, 4) is 0 Å². The lowest BCUT2D eigenvalue weighted by molar-refractivity contribution is -0.143. The van der Waals surface area contributed by atoms with Crippen molar-refractivity contribution in [2.24, 2.45) is 0 Å². The molecule has 0 radical (unpaired) electrons. The minimum Gasteiger partial charge on any atom is -0.455 e. The highest BCUT2D eigenvalue weighted by Gasteiger charge is 2.03. The Labute approximate surface area is 71.2 Å². The fourth-order valence-electron chi connectivity index (χ4n) is 0.499. The van der Waals surface area contributed by atoms with Crippen LogP contribution in [0.25, 0.3) is 0 Å². The zero-order chi connectivity index (χ0) is 9.40. The predicted molar refractivity (Wildman–Crippen MR) is 42.7 cm³/mol. The van der Waals surface area contributed by atoms with Gasteiger partial charge in [-0.2, -0.15) is 0 Å². The number of ketones is 1. The van der Waals surface area contributed by atoms with Crippen LogP contribution < -0.4 is 0 Å². The van der Waals surface area contributed by atoms with Crippen LogP contribution in [0.3, 0.4) is 0 Å². The molecule has 0 bridgehead atoms. The first-order valence-electron chi connectivity index (χ1n) is 3.50. The maximum Gasteiger partial charge on any atom is 0.330 e. The summed E-state index contributed by atoms with van der Waals surface area (Å²) in [5.74, 6) is -0.743. The number of esters is 1. The molecule has 0 aliphatic rings. The van der Waals surface area contributed by atoms with Crippen molar-refractivity contribution in [2.45, 2.75) is 6.42 Å². The first-order chi connectivity index (χ1) is 5.70. The van der Waals surface area contributed by atoms with Gasteiger partial charge in [-0.1, -0.05) is 6.58 Å². The third-order valence-corrected chi connectivity index (χ3v) is 1.13. The zero-order valence-electron chi connectivity index (χ0n) is 7.04. The highest BCUT2D eigenvalue weighted by atomic mass is 16.5. The lowest BCUT2D eigenvalue weighted by Crippen LogP contribution is -2.13. The molecule has 4 heteroatoms. The van der Waals surface area contributed by atoms with Crippen molar-refractivity contribution in [2.75, 3.05) is 20.3 Å². The number of carbonyl (C=O) groups excluding carboxylic acids is 2. The summed E-state index contributed by atoms with van der Waals surface area (Å²) < 4.78 is 9.15. The summed E-state index contributed by atoms with van der Waals surface area (Å²) in [6, 6.07) is 0. The van der Waals surface area contributed by atoms with E-state index in [4.69, 9.17) is 0 Å².